The van der Waals surface area contributed by atoms with Gasteiger partial charge in [0.25, 0.3) is 0 Å². The second-order valence-corrected chi connectivity index (χ2v) is 5.90. The number of ether oxygens (including phenoxy) is 4. The Morgan fingerprint density at radius 2 is 1.91 bits per heavy atom. The molecule has 2 saturated heterocycles. The molecule has 2 aliphatic rings. The predicted octanol–water partition coefficient (Wildman–Crippen LogP) is 0.763. The maximum Gasteiger partial charge on any atom is 0.185 e. The molecule has 22 heavy (non-hydrogen) atoms. The van der Waals surface area contributed by atoms with Crippen molar-refractivity contribution in [3.05, 3.63) is 35.9 Å². The lowest BCUT2D eigenvalue weighted by molar-refractivity contribution is -0.348. The highest BCUT2D eigenvalue weighted by Gasteiger charge is 2.50. The van der Waals surface area contributed by atoms with Crippen LogP contribution in [0.15, 0.2) is 30.3 Å². The number of aliphatic hydroxyl groups excluding tert-OH is 1. The third-order valence-electron chi connectivity index (χ3n) is 4.23. The van der Waals surface area contributed by atoms with Crippen LogP contribution in [0.1, 0.15) is 11.9 Å². The van der Waals surface area contributed by atoms with Gasteiger partial charge in [0.15, 0.2) is 12.6 Å². The molecule has 1 aromatic carbocycles. The fourth-order valence-electron chi connectivity index (χ4n) is 3.15. The molecular formula is C16H23NO5. The number of benzene rings is 1. The van der Waals surface area contributed by atoms with E-state index in [4.69, 9.17) is 18.9 Å². The summed E-state index contributed by atoms with van der Waals surface area (Å²) in [5, 5.41) is 10.5. The third kappa shape index (κ3) is 2.90. The smallest absolute Gasteiger partial charge is 0.185 e. The molecule has 0 radical (unpaired) electrons. The topological polar surface area (TPSA) is 60.4 Å². The zero-order valence-electron chi connectivity index (χ0n) is 13.1. The second-order valence-electron chi connectivity index (χ2n) is 5.90. The molecule has 2 fully saturated rings. The van der Waals surface area contributed by atoms with Crippen LogP contribution in [-0.4, -0.2) is 68.5 Å². The fraction of sp³-hybridized carbons (Fsp3) is 0.625. The van der Waals surface area contributed by atoms with Crippen molar-refractivity contribution in [3.63, 3.8) is 0 Å². The van der Waals surface area contributed by atoms with Crippen molar-refractivity contribution in [3.8, 4) is 0 Å². The number of aliphatic hydroxyl groups is 1. The van der Waals surface area contributed by atoms with Gasteiger partial charge in [0.2, 0.25) is 0 Å². The molecule has 122 valence electrons. The van der Waals surface area contributed by atoms with Gasteiger partial charge < -0.3 is 29.0 Å². The minimum Gasteiger partial charge on any atom is -0.386 e. The average Bonchev–Trinajstić information content (AvgIpc) is 2.54. The molecule has 2 heterocycles. The predicted molar refractivity (Wildman–Crippen MR) is 79.2 cm³/mol. The summed E-state index contributed by atoms with van der Waals surface area (Å²) in [6.45, 7) is 0.404. The van der Waals surface area contributed by atoms with E-state index in [-0.39, 0.29) is 18.2 Å². The van der Waals surface area contributed by atoms with E-state index in [0.29, 0.717) is 6.61 Å². The minimum atomic E-state index is -0.782. The van der Waals surface area contributed by atoms with Crippen LogP contribution in [0.4, 0.5) is 0 Å². The molecular weight excluding hydrogens is 286 g/mol. The SMILES string of the molecule is CO[C@H]1O[C@@H]2COC(c3ccccc3)O[C@H]2[C@@H](N(C)C)[C@@H]1O. The Bertz CT molecular complexity index is 483. The largest absolute Gasteiger partial charge is 0.386 e. The first-order valence-electron chi connectivity index (χ1n) is 7.46. The van der Waals surface area contributed by atoms with Gasteiger partial charge in [-0.3, -0.25) is 0 Å². The second kappa shape index (κ2) is 6.62. The molecule has 1 N–H and O–H groups in total. The van der Waals surface area contributed by atoms with Crippen molar-refractivity contribution in [2.24, 2.45) is 0 Å². The standard InChI is InChI=1S/C16H23NO5/c1-17(2)12-13(18)16(19-3)21-11-9-20-15(22-14(11)12)10-7-5-4-6-8-10/h4-8,11-16,18H,9H2,1-3H3/t11-,12+,13+,14-,15?,16+/m1/s1. The first-order valence-corrected chi connectivity index (χ1v) is 7.46. The number of fused-ring (bicyclic) bond motifs is 1. The Morgan fingerprint density at radius 1 is 1.18 bits per heavy atom. The number of rotatable bonds is 3. The molecule has 0 aromatic heterocycles. The van der Waals surface area contributed by atoms with Crippen LogP contribution in [0.3, 0.4) is 0 Å². The van der Waals surface area contributed by atoms with E-state index in [0.717, 1.165) is 5.56 Å². The van der Waals surface area contributed by atoms with Crippen LogP contribution in [0.5, 0.6) is 0 Å². The molecule has 0 aliphatic carbocycles. The van der Waals surface area contributed by atoms with Crippen molar-refractivity contribution in [1.29, 1.82) is 0 Å². The summed E-state index contributed by atoms with van der Waals surface area (Å²) in [6, 6.07) is 9.56. The summed E-state index contributed by atoms with van der Waals surface area (Å²) in [5.74, 6) is 0. The maximum absolute atomic E-state index is 10.5. The average molecular weight is 309 g/mol. The maximum atomic E-state index is 10.5. The summed E-state index contributed by atoms with van der Waals surface area (Å²) in [7, 11) is 5.36. The lowest BCUT2D eigenvalue weighted by Crippen LogP contribution is -2.66. The first-order chi connectivity index (χ1) is 10.6. The van der Waals surface area contributed by atoms with Crippen LogP contribution in [0, 0.1) is 0 Å². The zero-order chi connectivity index (χ0) is 15.7. The number of hydrogen-bond donors (Lipinski definition) is 1. The molecule has 2 aliphatic heterocycles. The lowest BCUT2D eigenvalue weighted by Gasteiger charge is -2.49. The van der Waals surface area contributed by atoms with Crippen LogP contribution in [0.25, 0.3) is 0 Å². The Hall–Kier alpha value is -1.02. The number of likely N-dealkylation sites (N-methyl/N-ethyl adjacent to an activating group) is 1. The van der Waals surface area contributed by atoms with Crippen molar-refractivity contribution in [1.82, 2.24) is 4.90 Å². The normalized spacial score (nSPS) is 38.8. The molecule has 0 amide bonds. The first kappa shape index (κ1) is 15.9. The van der Waals surface area contributed by atoms with Gasteiger partial charge in [-0.25, -0.2) is 0 Å². The highest BCUT2D eigenvalue weighted by atomic mass is 16.7. The van der Waals surface area contributed by atoms with Gasteiger partial charge in [-0.2, -0.15) is 0 Å². The number of nitrogens with zero attached hydrogens (tertiary/aromatic N) is 1. The Morgan fingerprint density at radius 3 is 2.55 bits per heavy atom. The zero-order valence-corrected chi connectivity index (χ0v) is 13.1. The summed E-state index contributed by atoms with van der Waals surface area (Å²) in [4.78, 5) is 1.95. The van der Waals surface area contributed by atoms with E-state index in [1.807, 2.05) is 49.3 Å². The van der Waals surface area contributed by atoms with Gasteiger partial charge in [-0.05, 0) is 14.1 Å². The Kier molecular flexibility index (Phi) is 4.77. The molecule has 3 rings (SSSR count). The molecule has 1 unspecified atom stereocenters. The van der Waals surface area contributed by atoms with Gasteiger partial charge >= 0.3 is 0 Å². The van der Waals surface area contributed by atoms with Crippen LogP contribution in [0.2, 0.25) is 0 Å². The summed E-state index contributed by atoms with van der Waals surface area (Å²) >= 11 is 0. The van der Waals surface area contributed by atoms with Gasteiger partial charge in [0.1, 0.15) is 18.3 Å². The lowest BCUT2D eigenvalue weighted by atomic mass is 9.94. The quantitative estimate of drug-likeness (QED) is 0.890. The third-order valence-corrected chi connectivity index (χ3v) is 4.23. The van der Waals surface area contributed by atoms with Crippen molar-refractivity contribution >= 4 is 0 Å². The molecule has 1 aromatic rings. The molecule has 0 spiro atoms. The van der Waals surface area contributed by atoms with Crippen LogP contribution >= 0.6 is 0 Å². The Labute approximate surface area is 130 Å². The molecule has 6 nitrogen and oxygen atoms in total. The molecule has 6 heteroatoms. The molecule has 0 saturated carbocycles. The van der Waals surface area contributed by atoms with E-state index >= 15 is 0 Å². The summed E-state index contributed by atoms with van der Waals surface area (Å²) in [6.07, 6.45) is -2.44. The van der Waals surface area contributed by atoms with E-state index < -0.39 is 18.7 Å². The Balaban J connectivity index is 1.81. The fourth-order valence-corrected chi connectivity index (χ4v) is 3.15. The molecule has 6 atom stereocenters. The monoisotopic (exact) mass is 309 g/mol. The van der Waals surface area contributed by atoms with Crippen molar-refractivity contribution < 1.29 is 24.1 Å². The number of methoxy groups -OCH3 is 1. The van der Waals surface area contributed by atoms with E-state index in [9.17, 15) is 5.11 Å². The van der Waals surface area contributed by atoms with Crippen molar-refractivity contribution in [2.75, 3.05) is 27.8 Å². The summed E-state index contributed by atoms with van der Waals surface area (Å²) < 4.78 is 22.9. The van der Waals surface area contributed by atoms with Gasteiger partial charge in [0.05, 0.1) is 12.6 Å². The minimum absolute atomic E-state index is 0.223. The van der Waals surface area contributed by atoms with Gasteiger partial charge in [0, 0.05) is 12.7 Å². The number of hydrogen-bond acceptors (Lipinski definition) is 6. The van der Waals surface area contributed by atoms with Crippen LogP contribution < -0.4 is 0 Å². The van der Waals surface area contributed by atoms with Crippen molar-refractivity contribution in [2.45, 2.75) is 36.9 Å². The van der Waals surface area contributed by atoms with E-state index in [1.165, 1.54) is 7.11 Å². The van der Waals surface area contributed by atoms with E-state index in [2.05, 4.69) is 0 Å². The molecule has 0 bridgehead atoms. The van der Waals surface area contributed by atoms with Gasteiger partial charge in [-0.15, -0.1) is 0 Å². The van der Waals surface area contributed by atoms with Gasteiger partial charge in [-0.1, -0.05) is 30.3 Å². The summed E-state index contributed by atoms with van der Waals surface area (Å²) in [5.41, 5.74) is 0.960. The highest BCUT2D eigenvalue weighted by Crippen LogP contribution is 2.35. The van der Waals surface area contributed by atoms with Crippen LogP contribution in [-0.2, 0) is 18.9 Å². The van der Waals surface area contributed by atoms with E-state index in [1.54, 1.807) is 0 Å². The highest BCUT2D eigenvalue weighted by molar-refractivity contribution is 5.16.